The summed E-state index contributed by atoms with van der Waals surface area (Å²) in [6, 6.07) is 11.2. The highest BCUT2D eigenvalue weighted by Gasteiger charge is 2.36. The van der Waals surface area contributed by atoms with E-state index in [-0.39, 0.29) is 23.4 Å². The summed E-state index contributed by atoms with van der Waals surface area (Å²) in [6.07, 6.45) is 8.43. The van der Waals surface area contributed by atoms with Crippen molar-refractivity contribution in [3.63, 3.8) is 0 Å². The smallest absolute Gasteiger partial charge is 0.294 e. The maximum atomic E-state index is 14.1. The van der Waals surface area contributed by atoms with Gasteiger partial charge in [0.05, 0.1) is 6.26 Å². The second-order valence-electron chi connectivity index (χ2n) is 7.31. The average molecular weight is 407 g/mol. The largest absolute Gasteiger partial charge is 0.459 e. The van der Waals surface area contributed by atoms with Gasteiger partial charge in [-0.05, 0) is 49.2 Å². The fraction of sp³-hybridized carbons (Fsp3) is 0.261. The highest BCUT2D eigenvalue weighted by Crippen LogP contribution is 2.31. The molecule has 4 rings (SSSR count). The molecule has 0 radical (unpaired) electrons. The Hall–Kier alpha value is -3.48. The van der Waals surface area contributed by atoms with Gasteiger partial charge in [0.1, 0.15) is 11.9 Å². The lowest BCUT2D eigenvalue weighted by molar-refractivity contribution is -0.123. The zero-order valence-corrected chi connectivity index (χ0v) is 16.3. The predicted octanol–water partition coefficient (Wildman–Crippen LogP) is 4.26. The van der Waals surface area contributed by atoms with Gasteiger partial charge in [0, 0.05) is 29.7 Å². The third kappa shape index (κ3) is 4.25. The van der Waals surface area contributed by atoms with Gasteiger partial charge in [-0.25, -0.2) is 4.39 Å². The maximum absolute atomic E-state index is 14.1. The minimum absolute atomic E-state index is 0.0572. The van der Waals surface area contributed by atoms with Crippen molar-refractivity contribution >= 4 is 17.5 Å². The number of rotatable bonds is 6. The topological polar surface area (TPSA) is 75.4 Å². The zero-order valence-electron chi connectivity index (χ0n) is 16.3. The van der Waals surface area contributed by atoms with Crippen molar-refractivity contribution in [2.24, 2.45) is 0 Å². The highest BCUT2D eigenvalue weighted by atomic mass is 19.1. The molecule has 1 atom stereocenters. The molecule has 0 aliphatic heterocycles. The van der Waals surface area contributed by atoms with E-state index in [0.29, 0.717) is 5.56 Å². The molecular weight excluding hydrogens is 385 g/mol. The molecule has 0 saturated heterocycles. The number of carbonyl (C=O) groups is 2. The number of aromatic nitrogens is 1. The standard InChI is InChI=1S/C23H22FN3O3/c24-17-7-3-10-19(14-17)27(23(29)20-11-5-13-30-20)21(16-6-4-12-25-15-16)22(28)26-18-8-1-2-9-18/h3-7,10-15,18,21H,1-2,8-9H2,(H,26,28)/t21-/m1/s1. The normalized spacial score (nSPS) is 15.0. The summed E-state index contributed by atoms with van der Waals surface area (Å²) in [4.78, 5) is 32.2. The monoisotopic (exact) mass is 407 g/mol. The van der Waals surface area contributed by atoms with Crippen molar-refractivity contribution in [2.75, 3.05) is 4.90 Å². The van der Waals surface area contributed by atoms with Gasteiger partial charge in [-0.2, -0.15) is 0 Å². The molecule has 1 N–H and O–H groups in total. The van der Waals surface area contributed by atoms with E-state index in [1.54, 1.807) is 36.7 Å². The quantitative estimate of drug-likeness (QED) is 0.662. The second-order valence-corrected chi connectivity index (χ2v) is 7.31. The number of nitrogens with one attached hydrogen (secondary N) is 1. The summed E-state index contributed by atoms with van der Waals surface area (Å²) in [5, 5.41) is 3.06. The molecule has 3 aromatic rings. The van der Waals surface area contributed by atoms with Gasteiger partial charge in [-0.3, -0.25) is 19.5 Å². The highest BCUT2D eigenvalue weighted by molar-refractivity contribution is 6.08. The lowest BCUT2D eigenvalue weighted by Crippen LogP contribution is -2.46. The molecule has 0 unspecified atom stereocenters. The van der Waals surface area contributed by atoms with E-state index >= 15 is 0 Å². The first-order valence-corrected chi connectivity index (χ1v) is 9.96. The lowest BCUT2D eigenvalue weighted by Gasteiger charge is -2.31. The van der Waals surface area contributed by atoms with E-state index < -0.39 is 17.8 Å². The van der Waals surface area contributed by atoms with E-state index in [0.717, 1.165) is 25.7 Å². The van der Waals surface area contributed by atoms with Crippen LogP contribution in [-0.4, -0.2) is 22.8 Å². The SMILES string of the molecule is O=C(NC1CCCC1)[C@@H](c1cccnc1)N(C(=O)c1ccco1)c1cccc(F)c1. The van der Waals surface area contributed by atoms with Gasteiger partial charge < -0.3 is 9.73 Å². The number of hydrogen-bond acceptors (Lipinski definition) is 4. The average Bonchev–Trinajstić information content (AvgIpc) is 3.46. The number of anilines is 1. The van der Waals surface area contributed by atoms with E-state index in [1.165, 1.54) is 35.4 Å². The van der Waals surface area contributed by atoms with Gasteiger partial charge in [0.2, 0.25) is 5.91 Å². The molecule has 2 aromatic heterocycles. The van der Waals surface area contributed by atoms with Crippen LogP contribution in [0, 0.1) is 5.82 Å². The molecule has 6 nitrogen and oxygen atoms in total. The first kappa shape index (κ1) is 19.8. The second kappa shape index (κ2) is 8.90. The van der Waals surface area contributed by atoms with E-state index in [9.17, 15) is 14.0 Å². The Kier molecular flexibility index (Phi) is 5.88. The number of amides is 2. The molecule has 30 heavy (non-hydrogen) atoms. The molecule has 1 aliphatic carbocycles. The van der Waals surface area contributed by atoms with Crippen LogP contribution in [0.4, 0.5) is 10.1 Å². The van der Waals surface area contributed by atoms with Crippen LogP contribution >= 0.6 is 0 Å². The molecule has 154 valence electrons. The number of halogens is 1. The Morgan fingerprint density at radius 1 is 1.13 bits per heavy atom. The van der Waals surface area contributed by atoms with E-state index in [2.05, 4.69) is 10.3 Å². The first-order chi connectivity index (χ1) is 14.6. The van der Waals surface area contributed by atoms with Gasteiger partial charge in [0.25, 0.3) is 5.91 Å². The van der Waals surface area contributed by atoms with E-state index in [4.69, 9.17) is 4.42 Å². The van der Waals surface area contributed by atoms with Crippen molar-refractivity contribution in [2.45, 2.75) is 37.8 Å². The van der Waals surface area contributed by atoms with Gasteiger partial charge in [-0.1, -0.05) is 25.0 Å². The molecule has 0 bridgehead atoms. The molecule has 1 aromatic carbocycles. The Labute approximate surface area is 173 Å². The number of furan rings is 1. The van der Waals surface area contributed by atoms with Crippen LogP contribution in [0.2, 0.25) is 0 Å². The number of pyridine rings is 1. The molecule has 2 amide bonds. The minimum atomic E-state index is -1.03. The van der Waals surface area contributed by atoms with E-state index in [1.807, 2.05) is 0 Å². The van der Waals surface area contributed by atoms with Gasteiger partial charge in [0.15, 0.2) is 5.76 Å². The molecule has 1 aliphatic rings. The number of benzene rings is 1. The van der Waals surface area contributed by atoms with Crippen LogP contribution in [0.25, 0.3) is 0 Å². The van der Waals surface area contributed by atoms with Crippen molar-refractivity contribution in [3.05, 3.63) is 84.3 Å². The van der Waals surface area contributed by atoms with Gasteiger partial charge in [-0.15, -0.1) is 0 Å². The van der Waals surface area contributed by atoms with Crippen molar-refractivity contribution in [1.29, 1.82) is 0 Å². The minimum Gasteiger partial charge on any atom is -0.459 e. The summed E-state index contributed by atoms with van der Waals surface area (Å²) in [6.45, 7) is 0. The molecule has 1 saturated carbocycles. The summed E-state index contributed by atoms with van der Waals surface area (Å²) in [5.41, 5.74) is 0.781. The van der Waals surface area contributed by atoms with Crippen LogP contribution in [-0.2, 0) is 4.79 Å². The fourth-order valence-electron chi connectivity index (χ4n) is 3.83. The van der Waals surface area contributed by atoms with Crippen molar-refractivity contribution in [3.8, 4) is 0 Å². The third-order valence-electron chi connectivity index (χ3n) is 5.25. The Bertz CT molecular complexity index is 1000. The molecule has 7 heteroatoms. The van der Waals surface area contributed by atoms with Crippen LogP contribution in [0.3, 0.4) is 0 Å². The first-order valence-electron chi connectivity index (χ1n) is 9.96. The third-order valence-corrected chi connectivity index (χ3v) is 5.25. The van der Waals surface area contributed by atoms with Crippen LogP contribution in [0.5, 0.6) is 0 Å². The van der Waals surface area contributed by atoms with Crippen molar-refractivity contribution < 1.29 is 18.4 Å². The maximum Gasteiger partial charge on any atom is 0.294 e. The summed E-state index contributed by atoms with van der Waals surface area (Å²) >= 11 is 0. The zero-order chi connectivity index (χ0) is 20.9. The Balaban J connectivity index is 1.79. The number of hydrogen-bond donors (Lipinski definition) is 1. The number of nitrogens with zero attached hydrogens (tertiary/aromatic N) is 2. The molecule has 2 heterocycles. The number of carbonyl (C=O) groups excluding carboxylic acids is 2. The predicted molar refractivity (Wildman–Crippen MR) is 109 cm³/mol. The summed E-state index contributed by atoms with van der Waals surface area (Å²) < 4.78 is 19.3. The summed E-state index contributed by atoms with van der Waals surface area (Å²) in [5.74, 6) is -1.33. The Morgan fingerprint density at radius 2 is 1.97 bits per heavy atom. The molecule has 1 fully saturated rings. The molecular formula is C23H22FN3O3. The summed E-state index contributed by atoms with van der Waals surface area (Å²) in [7, 11) is 0. The molecule has 0 spiro atoms. The van der Waals surface area contributed by atoms with Crippen LogP contribution < -0.4 is 10.2 Å². The van der Waals surface area contributed by atoms with Gasteiger partial charge >= 0.3 is 0 Å². The fourth-order valence-corrected chi connectivity index (χ4v) is 3.83. The van der Waals surface area contributed by atoms with Crippen molar-refractivity contribution in [1.82, 2.24) is 10.3 Å². The Morgan fingerprint density at radius 3 is 2.63 bits per heavy atom. The van der Waals surface area contributed by atoms with Crippen LogP contribution in [0.15, 0.2) is 71.6 Å². The van der Waals surface area contributed by atoms with Crippen LogP contribution in [0.1, 0.15) is 47.8 Å². The lowest BCUT2D eigenvalue weighted by atomic mass is 10.0.